The van der Waals surface area contributed by atoms with Gasteiger partial charge in [0.2, 0.25) is 0 Å². The van der Waals surface area contributed by atoms with Gasteiger partial charge in [0.25, 0.3) is 0 Å². The average Bonchev–Trinajstić information content (AvgIpc) is 2.75. The molecule has 176 valence electrons. The first kappa shape index (κ1) is 29.6. The molecule has 0 aliphatic rings. The van der Waals surface area contributed by atoms with Crippen molar-refractivity contribution < 1.29 is 0 Å². The summed E-state index contributed by atoms with van der Waals surface area (Å²) >= 11 is 0. The van der Waals surface area contributed by atoms with E-state index >= 15 is 0 Å². The molecule has 0 heterocycles. The Kier molecular flexibility index (Phi) is 26.2. The molecule has 1 unspecified atom stereocenters. The van der Waals surface area contributed by atoms with Gasteiger partial charge in [-0.25, -0.2) is 0 Å². The largest absolute Gasteiger partial charge is 0.103 e. The molecule has 0 aliphatic carbocycles. The maximum atomic E-state index is 3.91. The summed E-state index contributed by atoms with van der Waals surface area (Å²) in [4.78, 5) is 0. The van der Waals surface area contributed by atoms with Gasteiger partial charge in [-0.2, -0.15) is 0 Å². The van der Waals surface area contributed by atoms with Crippen molar-refractivity contribution in [3.8, 4) is 11.8 Å². The third-order valence-electron chi connectivity index (χ3n) is 6.29. The lowest BCUT2D eigenvalue weighted by Gasteiger charge is -2.05. The third kappa shape index (κ3) is 25.6. The van der Waals surface area contributed by atoms with E-state index in [0.29, 0.717) is 5.92 Å². The van der Waals surface area contributed by atoms with Crippen LogP contribution in [0.1, 0.15) is 161 Å². The van der Waals surface area contributed by atoms with E-state index in [1.165, 1.54) is 135 Å². The van der Waals surface area contributed by atoms with Crippen molar-refractivity contribution in [3.63, 3.8) is 0 Å². The van der Waals surface area contributed by atoms with Crippen LogP contribution in [0.25, 0.3) is 0 Å². The Hall–Kier alpha value is -0.440. The molecule has 1 atom stereocenters. The summed E-state index contributed by atoms with van der Waals surface area (Å²) in [6, 6.07) is 0. The van der Waals surface area contributed by atoms with Crippen LogP contribution in [0.5, 0.6) is 0 Å². The first-order valence-electron chi connectivity index (χ1n) is 13.9. The second-order valence-corrected chi connectivity index (χ2v) is 9.54. The molecule has 0 aromatic heterocycles. The molecule has 0 aliphatic heterocycles. The number of hydrogen-bond acceptors (Lipinski definition) is 0. The first-order chi connectivity index (χ1) is 14.8. The lowest BCUT2D eigenvalue weighted by molar-refractivity contribution is 0.518. The maximum Gasteiger partial charge on any atom is 0.0174 e. The highest BCUT2D eigenvalue weighted by Gasteiger charge is 1.98. The number of rotatable bonds is 23. The van der Waals surface area contributed by atoms with Gasteiger partial charge in [0.1, 0.15) is 0 Å². The van der Waals surface area contributed by atoms with Crippen LogP contribution < -0.4 is 0 Å². The van der Waals surface area contributed by atoms with Gasteiger partial charge in [-0.1, -0.05) is 156 Å². The topological polar surface area (TPSA) is 0 Å². The summed E-state index contributed by atoms with van der Waals surface area (Å²) in [5, 5.41) is 0. The van der Waals surface area contributed by atoms with Crippen LogP contribution in [0, 0.1) is 31.6 Å². The lowest BCUT2D eigenvalue weighted by atomic mass is 10.0. The first-order valence-corrected chi connectivity index (χ1v) is 13.9. The molecular weight excluding hydrogens is 360 g/mol. The highest BCUT2D eigenvalue weighted by Crippen LogP contribution is 2.15. The Morgan fingerprint density at radius 3 is 1.20 bits per heavy atom. The quantitative estimate of drug-likeness (QED) is 0.115. The van der Waals surface area contributed by atoms with E-state index in [1.54, 1.807) is 0 Å². The van der Waals surface area contributed by atoms with Crippen molar-refractivity contribution in [2.75, 3.05) is 0 Å². The van der Waals surface area contributed by atoms with Crippen molar-refractivity contribution in [2.45, 2.75) is 161 Å². The van der Waals surface area contributed by atoms with Gasteiger partial charge >= 0.3 is 0 Å². The van der Waals surface area contributed by atoms with E-state index in [9.17, 15) is 0 Å². The molecule has 0 spiro atoms. The molecule has 0 heteroatoms. The van der Waals surface area contributed by atoms with Gasteiger partial charge in [-0.15, -0.1) is 11.8 Å². The number of unbranched alkanes of at least 4 members (excludes halogenated alkanes) is 21. The zero-order chi connectivity index (χ0) is 22.0. The molecule has 0 amide bonds. The SMILES string of the molecule is [CH2]CCCCCCC#CC(C)CCCCCCCCCCCCCCCCCC[CH2]. The summed E-state index contributed by atoms with van der Waals surface area (Å²) in [6.45, 7) is 10.1. The summed E-state index contributed by atoms with van der Waals surface area (Å²) in [5.41, 5.74) is 0. The Balaban J connectivity index is 3.18. The Labute approximate surface area is 192 Å². The minimum Gasteiger partial charge on any atom is -0.103 e. The Morgan fingerprint density at radius 2 is 0.800 bits per heavy atom. The van der Waals surface area contributed by atoms with Crippen molar-refractivity contribution in [1.29, 1.82) is 0 Å². The predicted octanol–water partition coefficient (Wildman–Crippen LogP) is 10.7. The molecule has 0 fully saturated rings. The molecule has 0 aromatic carbocycles. The van der Waals surface area contributed by atoms with Crippen LogP contribution in [-0.2, 0) is 0 Å². The minimum absolute atomic E-state index is 0.596. The van der Waals surface area contributed by atoms with Crippen molar-refractivity contribution in [1.82, 2.24) is 0 Å². The van der Waals surface area contributed by atoms with Gasteiger partial charge in [0.15, 0.2) is 0 Å². The van der Waals surface area contributed by atoms with E-state index in [1.807, 2.05) is 0 Å². The normalized spacial score (nSPS) is 12.0. The van der Waals surface area contributed by atoms with E-state index in [2.05, 4.69) is 32.6 Å². The van der Waals surface area contributed by atoms with Crippen molar-refractivity contribution in [2.24, 2.45) is 5.92 Å². The van der Waals surface area contributed by atoms with E-state index in [4.69, 9.17) is 0 Å². The van der Waals surface area contributed by atoms with Gasteiger partial charge in [-0.05, 0) is 12.8 Å². The van der Waals surface area contributed by atoms with E-state index < -0.39 is 0 Å². The summed E-state index contributed by atoms with van der Waals surface area (Å²) in [6.07, 6.45) is 32.8. The molecule has 30 heavy (non-hydrogen) atoms. The van der Waals surface area contributed by atoms with Crippen molar-refractivity contribution in [3.05, 3.63) is 13.8 Å². The molecular formula is C30H56. The van der Waals surface area contributed by atoms with Gasteiger partial charge in [0.05, 0.1) is 0 Å². The second-order valence-electron chi connectivity index (χ2n) is 9.54. The van der Waals surface area contributed by atoms with Crippen LogP contribution in [0.4, 0.5) is 0 Å². The van der Waals surface area contributed by atoms with Gasteiger partial charge < -0.3 is 0 Å². The van der Waals surface area contributed by atoms with Gasteiger partial charge in [0, 0.05) is 12.3 Å². The van der Waals surface area contributed by atoms with Crippen molar-refractivity contribution >= 4 is 0 Å². The third-order valence-corrected chi connectivity index (χ3v) is 6.29. The van der Waals surface area contributed by atoms with Crippen LogP contribution in [0.2, 0.25) is 0 Å². The van der Waals surface area contributed by atoms with Crippen LogP contribution in [0.15, 0.2) is 0 Å². The maximum absolute atomic E-state index is 3.91. The molecule has 0 bridgehead atoms. The van der Waals surface area contributed by atoms with E-state index in [0.717, 1.165) is 19.3 Å². The molecule has 0 rings (SSSR count). The van der Waals surface area contributed by atoms with Crippen LogP contribution >= 0.6 is 0 Å². The van der Waals surface area contributed by atoms with Crippen LogP contribution in [0.3, 0.4) is 0 Å². The summed E-state index contributed by atoms with van der Waals surface area (Å²) in [5.74, 6) is 7.46. The van der Waals surface area contributed by atoms with E-state index in [-0.39, 0.29) is 0 Å². The number of hydrogen-bond donors (Lipinski definition) is 0. The standard InChI is InChI=1S/C30H56/c1-4-6-8-10-12-13-14-15-16-17-18-19-20-21-23-25-27-29-30(3)28-26-24-22-11-9-7-5-2/h30H,1-2,4-25,27,29H2,3H3. The summed E-state index contributed by atoms with van der Waals surface area (Å²) < 4.78 is 0. The van der Waals surface area contributed by atoms with Crippen LogP contribution in [-0.4, -0.2) is 0 Å². The Bertz CT molecular complexity index is 358. The summed E-state index contributed by atoms with van der Waals surface area (Å²) in [7, 11) is 0. The second kappa shape index (κ2) is 26.6. The molecule has 0 aromatic rings. The Morgan fingerprint density at radius 1 is 0.467 bits per heavy atom. The fraction of sp³-hybridized carbons (Fsp3) is 0.867. The fourth-order valence-electron chi connectivity index (χ4n) is 4.16. The zero-order valence-electron chi connectivity index (χ0n) is 21.0. The smallest absolute Gasteiger partial charge is 0.0174 e. The highest BCUT2D eigenvalue weighted by atomic mass is 14.0. The minimum atomic E-state index is 0.596. The monoisotopic (exact) mass is 416 g/mol. The highest BCUT2D eigenvalue weighted by molar-refractivity contribution is 5.02. The predicted molar refractivity (Wildman–Crippen MR) is 138 cm³/mol. The zero-order valence-corrected chi connectivity index (χ0v) is 21.0. The lowest BCUT2D eigenvalue weighted by Crippen LogP contribution is -1.91. The fourth-order valence-corrected chi connectivity index (χ4v) is 4.16. The average molecular weight is 417 g/mol. The van der Waals surface area contributed by atoms with Gasteiger partial charge in [-0.3, -0.25) is 0 Å². The molecule has 0 N–H and O–H groups in total. The molecule has 0 saturated heterocycles. The molecule has 0 saturated carbocycles. The molecule has 0 nitrogen and oxygen atoms in total. The molecule has 2 radical (unpaired) electrons.